The van der Waals surface area contributed by atoms with E-state index in [2.05, 4.69) is 15.0 Å². The van der Waals surface area contributed by atoms with Gasteiger partial charge in [-0.15, -0.1) is 0 Å². The smallest absolute Gasteiger partial charge is 0.212 e. The maximum Gasteiger partial charge on any atom is 0.212 e. The van der Waals surface area contributed by atoms with Gasteiger partial charge >= 0.3 is 0 Å². The van der Waals surface area contributed by atoms with Crippen LogP contribution in [0.5, 0.6) is 0 Å². The summed E-state index contributed by atoms with van der Waals surface area (Å²) in [6.07, 6.45) is 1.43. The molecule has 1 aromatic carbocycles. The third-order valence-corrected chi connectivity index (χ3v) is 3.15. The number of ether oxygens (including phenoxy) is 1. The fourth-order valence-electron chi connectivity index (χ4n) is 1.52. The molecule has 1 atom stereocenters. The molecule has 112 valence electrons. The van der Waals surface area contributed by atoms with E-state index in [1.165, 1.54) is 6.20 Å². The molecular weight excluding hydrogens is 403 g/mol. The number of hydrogen-bond donors (Lipinski definition) is 0. The van der Waals surface area contributed by atoms with Crippen molar-refractivity contribution < 1.29 is 9.60 Å². The molecule has 0 amide bonds. The third-order valence-electron chi connectivity index (χ3n) is 2.51. The van der Waals surface area contributed by atoms with E-state index in [9.17, 15) is 5.21 Å². The first-order valence-corrected chi connectivity index (χ1v) is 7.76. The van der Waals surface area contributed by atoms with Gasteiger partial charge < -0.3 is 9.94 Å². The van der Waals surface area contributed by atoms with Crippen molar-refractivity contribution in [1.29, 1.82) is 0 Å². The van der Waals surface area contributed by atoms with Crippen LogP contribution in [0.2, 0.25) is 5.02 Å². The van der Waals surface area contributed by atoms with Crippen molar-refractivity contribution in [3.8, 4) is 9.85 Å². The van der Waals surface area contributed by atoms with Gasteiger partial charge in [-0.3, -0.25) is 0 Å². The zero-order valence-corrected chi connectivity index (χ0v) is 14.8. The average molecular weight is 419 g/mol. The number of benzene rings is 1. The first-order chi connectivity index (χ1) is 10.0. The minimum absolute atomic E-state index is 0.229. The van der Waals surface area contributed by atoms with Crippen LogP contribution >= 0.6 is 34.2 Å². The number of hydrogen-bond acceptors (Lipinski definition) is 3. The zero-order valence-electron chi connectivity index (χ0n) is 11.8. The van der Waals surface area contributed by atoms with Gasteiger partial charge in [0.15, 0.2) is 0 Å². The van der Waals surface area contributed by atoms with E-state index in [-0.39, 0.29) is 6.04 Å². The molecule has 0 N–H and O–H groups in total. The molecule has 6 heteroatoms. The summed E-state index contributed by atoms with van der Waals surface area (Å²) in [5.74, 6) is 2.77. The summed E-state index contributed by atoms with van der Waals surface area (Å²) in [6.45, 7) is 4.37. The summed E-state index contributed by atoms with van der Waals surface area (Å²) in [5.41, 5.74) is 1.74. The first kappa shape index (κ1) is 18.0. The predicted molar refractivity (Wildman–Crippen MR) is 93.2 cm³/mol. The number of rotatable bonds is 6. The van der Waals surface area contributed by atoms with Crippen LogP contribution in [-0.4, -0.2) is 24.1 Å². The minimum Gasteiger partial charge on any atom is -0.595 e. The highest BCUT2D eigenvalue weighted by molar-refractivity contribution is 14.1. The van der Waals surface area contributed by atoms with Crippen molar-refractivity contribution in [1.82, 2.24) is 0 Å². The molecule has 1 unspecified atom stereocenters. The highest BCUT2D eigenvalue weighted by Gasteiger charge is 2.05. The normalized spacial score (nSPS) is 13.5. The fourth-order valence-corrected chi connectivity index (χ4v) is 1.80. The Morgan fingerprint density at radius 2 is 2.19 bits per heavy atom. The molecule has 21 heavy (non-hydrogen) atoms. The van der Waals surface area contributed by atoms with Crippen molar-refractivity contribution in [3.05, 3.63) is 46.3 Å². The molecular formula is C15H16ClIN2O2. The highest BCUT2D eigenvalue weighted by atomic mass is 127. The molecule has 4 nitrogen and oxygen atoms in total. The Morgan fingerprint density at radius 1 is 1.52 bits per heavy atom. The third kappa shape index (κ3) is 7.46. The van der Waals surface area contributed by atoms with E-state index < -0.39 is 0 Å². The number of halogens is 2. The quantitative estimate of drug-likeness (QED) is 0.171. The Labute approximate surface area is 143 Å². The number of allylic oxidation sites excluding steroid dienone is 1. The van der Waals surface area contributed by atoms with Gasteiger partial charge in [-0.25, -0.2) is 0 Å². The summed E-state index contributed by atoms with van der Waals surface area (Å²) in [6, 6.07) is 7.05. The maximum absolute atomic E-state index is 11.8. The molecule has 0 fully saturated rings. The van der Waals surface area contributed by atoms with E-state index in [0.717, 1.165) is 11.1 Å². The fraction of sp³-hybridized carbons (Fsp3) is 0.333. The van der Waals surface area contributed by atoms with Gasteiger partial charge in [-0.1, -0.05) is 34.5 Å². The van der Waals surface area contributed by atoms with Crippen LogP contribution in [0.4, 0.5) is 0 Å². The Kier molecular flexibility index (Phi) is 8.35. The van der Waals surface area contributed by atoms with Crippen LogP contribution in [-0.2, 0) is 4.74 Å². The average Bonchev–Trinajstić information content (AvgIpc) is 2.44. The van der Waals surface area contributed by atoms with Gasteiger partial charge in [0.2, 0.25) is 6.20 Å². The van der Waals surface area contributed by atoms with Crippen LogP contribution in [0.3, 0.4) is 0 Å². The summed E-state index contributed by atoms with van der Waals surface area (Å²) in [4.78, 5) is 0.571. The summed E-state index contributed by atoms with van der Waals surface area (Å²) in [5, 5.41) is 16.4. The van der Waals surface area contributed by atoms with Crippen LogP contribution in [0.15, 0.2) is 35.6 Å². The molecule has 0 bridgehead atoms. The number of nitrogens with zero attached hydrogens (tertiary/aromatic N) is 2. The first-order valence-electron chi connectivity index (χ1n) is 6.30. The van der Waals surface area contributed by atoms with Crippen molar-refractivity contribution in [2.75, 3.05) is 13.2 Å². The van der Waals surface area contributed by atoms with Gasteiger partial charge in [0, 0.05) is 33.2 Å². The molecule has 1 rings (SSSR count). The summed E-state index contributed by atoms with van der Waals surface area (Å²) < 4.78 is 7.97. The lowest BCUT2D eigenvalue weighted by Gasteiger charge is -2.04. The molecule has 1 aromatic rings. The second-order valence-corrected chi connectivity index (χ2v) is 5.35. The zero-order chi connectivity index (χ0) is 15.7. The van der Waals surface area contributed by atoms with Crippen molar-refractivity contribution in [3.63, 3.8) is 0 Å². The van der Waals surface area contributed by atoms with E-state index in [0.29, 0.717) is 23.1 Å². The van der Waals surface area contributed by atoms with Crippen LogP contribution in [0.1, 0.15) is 19.4 Å². The van der Waals surface area contributed by atoms with Gasteiger partial charge in [-0.2, -0.15) is 0 Å². The van der Waals surface area contributed by atoms with Gasteiger partial charge in [-0.05, 0) is 40.6 Å². The van der Waals surface area contributed by atoms with Gasteiger partial charge in [0.05, 0.1) is 6.61 Å². The number of azo groups is 1. The lowest BCUT2D eigenvalue weighted by molar-refractivity contribution is -0.461. The van der Waals surface area contributed by atoms with Crippen molar-refractivity contribution >= 4 is 39.8 Å². The minimum atomic E-state index is -0.229. The SMILES string of the molecule is C/C(=C\[N+]([O-])=NC(C)COCC#CI)c1ccc(Cl)cc1. The van der Waals surface area contributed by atoms with Crippen LogP contribution in [0, 0.1) is 15.1 Å². The monoisotopic (exact) mass is 418 g/mol. The van der Waals surface area contributed by atoms with E-state index in [4.69, 9.17) is 16.3 Å². The Hall–Kier alpha value is -1.10. The van der Waals surface area contributed by atoms with E-state index in [1.807, 2.05) is 48.6 Å². The standard InChI is InChI=1S/C15H16ClIN2O2/c1-12(14-4-6-15(16)7-5-14)10-19(20)18-13(2)11-21-9-3-8-17/h4-7,10,13H,9,11H2,1-2H3/b12-10+,19-18?. The molecule has 0 spiro atoms. The molecule has 0 radical (unpaired) electrons. The second-order valence-electron chi connectivity index (χ2n) is 4.37. The van der Waals surface area contributed by atoms with E-state index in [1.54, 1.807) is 12.1 Å². The lowest BCUT2D eigenvalue weighted by Crippen LogP contribution is -2.11. The van der Waals surface area contributed by atoms with Gasteiger partial charge in [0.1, 0.15) is 12.6 Å². The summed E-state index contributed by atoms with van der Waals surface area (Å²) >= 11 is 7.77. The molecule has 0 aliphatic carbocycles. The Balaban J connectivity index is 2.61. The molecule has 0 saturated heterocycles. The second kappa shape index (κ2) is 9.77. The maximum atomic E-state index is 11.8. The van der Waals surface area contributed by atoms with E-state index >= 15 is 0 Å². The van der Waals surface area contributed by atoms with Crippen molar-refractivity contribution in [2.24, 2.45) is 5.11 Å². The van der Waals surface area contributed by atoms with Crippen LogP contribution < -0.4 is 0 Å². The van der Waals surface area contributed by atoms with Crippen LogP contribution in [0.25, 0.3) is 5.57 Å². The molecule has 0 aliphatic heterocycles. The lowest BCUT2D eigenvalue weighted by atomic mass is 10.1. The molecule has 0 heterocycles. The Bertz CT molecular complexity index is 574. The molecule has 0 saturated carbocycles. The summed E-state index contributed by atoms with van der Waals surface area (Å²) in [7, 11) is 0. The topological polar surface area (TPSA) is 47.7 Å². The highest BCUT2D eigenvalue weighted by Crippen LogP contribution is 2.17. The molecule has 0 aliphatic rings. The Morgan fingerprint density at radius 3 is 2.81 bits per heavy atom. The largest absolute Gasteiger partial charge is 0.595 e. The number of hydroxylamine groups is 1. The van der Waals surface area contributed by atoms with Gasteiger partial charge in [0.25, 0.3) is 0 Å². The molecule has 0 aromatic heterocycles. The predicted octanol–water partition coefficient (Wildman–Crippen LogP) is 4.46. The van der Waals surface area contributed by atoms with Crippen molar-refractivity contribution in [2.45, 2.75) is 19.9 Å².